The minimum Gasteiger partial charge on any atom is -0.460 e. The van der Waals surface area contributed by atoms with Crippen LogP contribution >= 0.6 is 22.7 Å². The monoisotopic (exact) mass is 280 g/mol. The second-order valence-corrected chi connectivity index (χ2v) is 5.43. The van der Waals surface area contributed by atoms with Crippen molar-refractivity contribution in [2.24, 2.45) is 0 Å². The largest absolute Gasteiger partial charge is 0.460 e. The van der Waals surface area contributed by atoms with Gasteiger partial charge in [0.05, 0.1) is 11.5 Å². The fourth-order valence-electron chi connectivity index (χ4n) is 1.47. The number of ether oxygens (including phenoxy) is 1. The number of hydrogen-bond donors (Lipinski definition) is 0. The molecule has 5 nitrogen and oxygen atoms in total. The van der Waals surface area contributed by atoms with Gasteiger partial charge in [-0.15, -0.1) is 22.7 Å². The molecule has 0 radical (unpaired) electrons. The number of fused-ring (bicyclic) bond motifs is 1. The van der Waals surface area contributed by atoms with Gasteiger partial charge in [0.25, 0.3) is 11.7 Å². The highest BCUT2D eigenvalue weighted by Crippen LogP contribution is 2.35. The molecule has 0 aliphatic heterocycles. The average Bonchev–Trinajstić information content (AvgIpc) is 3.03. The van der Waals surface area contributed by atoms with Crippen molar-refractivity contribution in [3.63, 3.8) is 0 Å². The predicted octanol–water partition coefficient (Wildman–Crippen LogP) is 3.19. The van der Waals surface area contributed by atoms with E-state index in [1.807, 2.05) is 17.5 Å². The fraction of sp³-hybridized carbons (Fsp3) is 0.182. The van der Waals surface area contributed by atoms with E-state index in [9.17, 15) is 4.79 Å². The van der Waals surface area contributed by atoms with Gasteiger partial charge in [0.2, 0.25) is 0 Å². The van der Waals surface area contributed by atoms with E-state index in [1.165, 1.54) is 9.40 Å². The lowest BCUT2D eigenvalue weighted by atomic mass is 10.4. The third-order valence-electron chi connectivity index (χ3n) is 2.23. The predicted molar refractivity (Wildman–Crippen MR) is 69.0 cm³/mol. The quantitative estimate of drug-likeness (QED) is 0.689. The van der Waals surface area contributed by atoms with E-state index in [0.29, 0.717) is 5.89 Å². The van der Waals surface area contributed by atoms with Crippen molar-refractivity contribution in [2.75, 3.05) is 6.61 Å². The molecule has 0 unspecified atom stereocenters. The normalized spacial score (nSPS) is 10.9. The highest BCUT2D eigenvalue weighted by Gasteiger charge is 2.18. The van der Waals surface area contributed by atoms with Crippen molar-refractivity contribution in [2.45, 2.75) is 6.92 Å². The molecule has 7 heteroatoms. The molecule has 0 bridgehead atoms. The van der Waals surface area contributed by atoms with E-state index in [2.05, 4.69) is 10.1 Å². The Bertz CT molecular complexity index is 669. The van der Waals surface area contributed by atoms with Gasteiger partial charge in [-0.25, -0.2) is 4.79 Å². The van der Waals surface area contributed by atoms with Crippen molar-refractivity contribution in [1.29, 1.82) is 0 Å². The number of nitrogens with zero attached hydrogens (tertiary/aromatic N) is 2. The van der Waals surface area contributed by atoms with Gasteiger partial charge in [0.1, 0.15) is 0 Å². The highest BCUT2D eigenvalue weighted by atomic mass is 32.1. The van der Waals surface area contributed by atoms with E-state index in [4.69, 9.17) is 9.26 Å². The summed E-state index contributed by atoms with van der Waals surface area (Å²) in [6.45, 7) is 2.02. The lowest BCUT2D eigenvalue weighted by Crippen LogP contribution is -2.06. The van der Waals surface area contributed by atoms with E-state index in [-0.39, 0.29) is 12.4 Å². The molecule has 0 N–H and O–H groups in total. The van der Waals surface area contributed by atoms with Gasteiger partial charge in [-0.2, -0.15) is 4.98 Å². The van der Waals surface area contributed by atoms with Crippen LogP contribution in [-0.4, -0.2) is 22.7 Å². The molecule has 0 aromatic carbocycles. The standard InChI is InChI=1S/C11H8N2O3S2/c1-2-15-11(14)9-12-10(16-13-9)8-5-7-6(18-8)3-4-17-7/h3-5H,2H2,1H3. The minimum atomic E-state index is -0.564. The number of carbonyl (C=O) groups excluding carboxylic acids is 1. The van der Waals surface area contributed by atoms with Gasteiger partial charge < -0.3 is 9.26 Å². The number of aromatic nitrogens is 2. The van der Waals surface area contributed by atoms with Gasteiger partial charge in [0, 0.05) is 9.40 Å². The van der Waals surface area contributed by atoms with Crippen LogP contribution in [0.25, 0.3) is 20.2 Å². The Morgan fingerprint density at radius 3 is 3.17 bits per heavy atom. The molecule has 3 rings (SSSR count). The topological polar surface area (TPSA) is 65.2 Å². The Morgan fingerprint density at radius 2 is 2.39 bits per heavy atom. The van der Waals surface area contributed by atoms with Crippen molar-refractivity contribution in [3.8, 4) is 10.8 Å². The summed E-state index contributed by atoms with van der Waals surface area (Å²) in [6.07, 6.45) is 0. The van der Waals surface area contributed by atoms with Crippen LogP contribution < -0.4 is 0 Å². The molecule has 0 fully saturated rings. The SMILES string of the molecule is CCOC(=O)c1noc(-c2cc3sccc3s2)n1. The first kappa shape index (κ1) is 11.4. The molecule has 3 heterocycles. The Kier molecular flexibility index (Phi) is 2.85. The van der Waals surface area contributed by atoms with Crippen LogP contribution in [0.3, 0.4) is 0 Å². The highest BCUT2D eigenvalue weighted by molar-refractivity contribution is 7.28. The summed E-state index contributed by atoms with van der Waals surface area (Å²) < 4.78 is 12.2. The number of hydrogen-bond acceptors (Lipinski definition) is 7. The molecule has 92 valence electrons. The molecule has 0 saturated carbocycles. The summed E-state index contributed by atoms with van der Waals surface area (Å²) in [6, 6.07) is 4.02. The molecule has 3 aromatic heterocycles. The second kappa shape index (κ2) is 4.51. The Hall–Kier alpha value is -1.73. The molecule has 0 spiro atoms. The van der Waals surface area contributed by atoms with Gasteiger partial charge in [-0.05, 0) is 29.6 Å². The molecule has 3 aromatic rings. The molecule has 0 aliphatic carbocycles. The summed E-state index contributed by atoms with van der Waals surface area (Å²) >= 11 is 3.21. The van der Waals surface area contributed by atoms with Crippen LogP contribution in [0.2, 0.25) is 0 Å². The summed E-state index contributed by atoms with van der Waals surface area (Å²) in [5, 5.41) is 5.65. The van der Waals surface area contributed by atoms with Crippen molar-refractivity contribution < 1.29 is 14.1 Å². The number of carbonyl (C=O) groups is 1. The molecule has 0 amide bonds. The fourth-order valence-corrected chi connectivity index (χ4v) is 3.50. The first-order chi connectivity index (χ1) is 8.78. The van der Waals surface area contributed by atoms with Gasteiger partial charge >= 0.3 is 5.97 Å². The lowest BCUT2D eigenvalue weighted by Gasteiger charge is -1.93. The van der Waals surface area contributed by atoms with Crippen LogP contribution in [-0.2, 0) is 4.74 Å². The van der Waals surface area contributed by atoms with E-state index in [1.54, 1.807) is 29.6 Å². The van der Waals surface area contributed by atoms with Crippen LogP contribution in [0.1, 0.15) is 17.5 Å². The smallest absolute Gasteiger partial charge is 0.379 e. The molecule has 0 aliphatic rings. The Balaban J connectivity index is 1.93. The molecular weight excluding hydrogens is 272 g/mol. The summed E-state index contributed by atoms with van der Waals surface area (Å²) in [7, 11) is 0. The number of rotatable bonds is 3. The zero-order valence-corrected chi connectivity index (χ0v) is 11.0. The second-order valence-electron chi connectivity index (χ2n) is 3.40. The van der Waals surface area contributed by atoms with Crippen LogP contribution in [0.5, 0.6) is 0 Å². The summed E-state index contributed by atoms with van der Waals surface area (Å²) in [5.74, 6) is -0.249. The van der Waals surface area contributed by atoms with Crippen LogP contribution in [0.4, 0.5) is 0 Å². The first-order valence-electron chi connectivity index (χ1n) is 5.26. The molecule has 18 heavy (non-hydrogen) atoms. The maximum atomic E-state index is 11.4. The average molecular weight is 280 g/mol. The van der Waals surface area contributed by atoms with Crippen molar-refractivity contribution in [3.05, 3.63) is 23.3 Å². The van der Waals surface area contributed by atoms with E-state index < -0.39 is 5.97 Å². The third-order valence-corrected chi connectivity index (χ3v) is 4.32. The van der Waals surface area contributed by atoms with Crippen LogP contribution in [0.15, 0.2) is 22.0 Å². The minimum absolute atomic E-state index is 0.0383. The molecular formula is C11H8N2O3S2. The maximum Gasteiger partial charge on any atom is 0.379 e. The lowest BCUT2D eigenvalue weighted by molar-refractivity contribution is 0.0508. The third kappa shape index (κ3) is 1.91. The van der Waals surface area contributed by atoms with Gasteiger partial charge in [-0.3, -0.25) is 0 Å². The van der Waals surface area contributed by atoms with E-state index in [0.717, 1.165) is 4.88 Å². The zero-order chi connectivity index (χ0) is 12.5. The van der Waals surface area contributed by atoms with Crippen molar-refractivity contribution in [1.82, 2.24) is 10.1 Å². The van der Waals surface area contributed by atoms with Gasteiger partial charge in [0.15, 0.2) is 0 Å². The summed E-state index contributed by atoms with van der Waals surface area (Å²) in [4.78, 5) is 16.3. The first-order valence-corrected chi connectivity index (χ1v) is 6.96. The van der Waals surface area contributed by atoms with E-state index >= 15 is 0 Å². The molecule has 0 atom stereocenters. The molecule has 0 saturated heterocycles. The summed E-state index contributed by atoms with van der Waals surface area (Å²) in [5.41, 5.74) is 0. The van der Waals surface area contributed by atoms with Gasteiger partial charge in [-0.1, -0.05) is 0 Å². The number of esters is 1. The zero-order valence-electron chi connectivity index (χ0n) is 9.37. The maximum absolute atomic E-state index is 11.4. The Morgan fingerprint density at radius 1 is 1.50 bits per heavy atom. The van der Waals surface area contributed by atoms with Crippen LogP contribution in [0, 0.1) is 0 Å². The Labute approximate surface area is 110 Å². The van der Waals surface area contributed by atoms with Crippen molar-refractivity contribution >= 4 is 38.0 Å². The number of thiophene rings is 2.